The van der Waals surface area contributed by atoms with Crippen LogP contribution in [0, 0.1) is 17.7 Å². The van der Waals surface area contributed by atoms with Gasteiger partial charge in [0.2, 0.25) is 0 Å². The van der Waals surface area contributed by atoms with Crippen LogP contribution in [0.2, 0.25) is 0 Å². The lowest BCUT2D eigenvalue weighted by molar-refractivity contribution is 0.264. The molecule has 1 saturated heterocycles. The molecular formula is C17H27FN2. The third-order valence-electron chi connectivity index (χ3n) is 4.54. The highest BCUT2D eigenvalue weighted by Crippen LogP contribution is 2.25. The predicted molar refractivity (Wildman–Crippen MR) is 81.7 cm³/mol. The zero-order valence-corrected chi connectivity index (χ0v) is 12.7. The first-order valence-corrected chi connectivity index (χ1v) is 7.80. The third-order valence-corrected chi connectivity index (χ3v) is 4.54. The Balaban J connectivity index is 1.96. The molecule has 0 aliphatic carbocycles. The van der Waals surface area contributed by atoms with Crippen molar-refractivity contribution >= 4 is 0 Å². The highest BCUT2D eigenvalue weighted by molar-refractivity contribution is 5.25. The lowest BCUT2D eigenvalue weighted by atomic mass is 9.89. The molecule has 3 heteroatoms. The van der Waals surface area contributed by atoms with E-state index in [0.29, 0.717) is 5.56 Å². The van der Waals surface area contributed by atoms with Gasteiger partial charge in [-0.3, -0.25) is 4.90 Å². The van der Waals surface area contributed by atoms with Crippen molar-refractivity contribution in [1.29, 1.82) is 0 Å². The van der Waals surface area contributed by atoms with Gasteiger partial charge >= 0.3 is 0 Å². The molecule has 0 spiro atoms. The molecule has 1 heterocycles. The largest absolute Gasteiger partial charge is 0.326 e. The molecule has 112 valence electrons. The summed E-state index contributed by atoms with van der Waals surface area (Å²) < 4.78 is 13.5. The van der Waals surface area contributed by atoms with Crippen molar-refractivity contribution in [2.75, 3.05) is 13.1 Å². The van der Waals surface area contributed by atoms with Crippen LogP contribution in [0.15, 0.2) is 18.2 Å². The Morgan fingerprint density at radius 3 is 2.80 bits per heavy atom. The van der Waals surface area contributed by atoms with Gasteiger partial charge in [-0.2, -0.15) is 0 Å². The van der Waals surface area contributed by atoms with Crippen molar-refractivity contribution in [2.24, 2.45) is 17.6 Å². The Kier molecular flexibility index (Phi) is 5.55. The van der Waals surface area contributed by atoms with Crippen molar-refractivity contribution < 1.29 is 4.39 Å². The van der Waals surface area contributed by atoms with Crippen molar-refractivity contribution in [3.63, 3.8) is 0 Å². The van der Waals surface area contributed by atoms with Crippen LogP contribution in [0.5, 0.6) is 0 Å². The summed E-state index contributed by atoms with van der Waals surface area (Å²) in [6.07, 6.45) is 3.89. The van der Waals surface area contributed by atoms with Crippen molar-refractivity contribution in [2.45, 2.75) is 46.2 Å². The molecular weight excluding hydrogens is 251 g/mol. The second-order valence-corrected chi connectivity index (χ2v) is 6.34. The Bertz CT molecular complexity index is 431. The van der Waals surface area contributed by atoms with Crippen LogP contribution in [-0.4, -0.2) is 18.0 Å². The van der Waals surface area contributed by atoms with Crippen LogP contribution in [0.3, 0.4) is 0 Å². The zero-order chi connectivity index (χ0) is 14.5. The van der Waals surface area contributed by atoms with Crippen LogP contribution in [0.1, 0.15) is 44.2 Å². The van der Waals surface area contributed by atoms with E-state index in [9.17, 15) is 4.39 Å². The number of hydrogen-bond acceptors (Lipinski definition) is 2. The minimum atomic E-state index is -0.188. The second-order valence-electron chi connectivity index (χ2n) is 6.34. The molecule has 1 aliphatic heterocycles. The van der Waals surface area contributed by atoms with E-state index in [1.807, 2.05) is 12.1 Å². The van der Waals surface area contributed by atoms with Gasteiger partial charge in [0.15, 0.2) is 0 Å². The molecule has 2 N–H and O–H groups in total. The molecule has 0 aromatic heterocycles. The number of rotatable bonds is 4. The number of hydrogen-bond donors (Lipinski definition) is 1. The van der Waals surface area contributed by atoms with Crippen LogP contribution in [0.25, 0.3) is 0 Å². The summed E-state index contributed by atoms with van der Waals surface area (Å²) in [7, 11) is 0. The standard InChI is InChI=1S/C17H27FN2/c1-13(2)15-4-3-8-20(9-7-15)12-14-5-6-17(18)16(10-14)11-19/h5-6,10,13,15H,3-4,7-9,11-12,19H2,1-2H3. The molecule has 2 rings (SSSR count). The first-order chi connectivity index (χ1) is 9.60. The van der Waals surface area contributed by atoms with E-state index in [1.54, 1.807) is 6.07 Å². The fourth-order valence-electron chi connectivity index (χ4n) is 3.15. The minimum absolute atomic E-state index is 0.188. The van der Waals surface area contributed by atoms with Crippen LogP contribution >= 0.6 is 0 Å². The maximum absolute atomic E-state index is 13.5. The van der Waals surface area contributed by atoms with Gasteiger partial charge in [0.1, 0.15) is 5.82 Å². The Labute approximate surface area is 122 Å². The van der Waals surface area contributed by atoms with E-state index >= 15 is 0 Å². The molecule has 20 heavy (non-hydrogen) atoms. The highest BCUT2D eigenvalue weighted by Gasteiger charge is 2.19. The Morgan fingerprint density at radius 1 is 1.30 bits per heavy atom. The SMILES string of the molecule is CC(C)C1CCCN(Cc2ccc(F)c(CN)c2)CC1. The minimum Gasteiger partial charge on any atom is -0.326 e. The van der Waals surface area contributed by atoms with Crippen molar-refractivity contribution in [3.05, 3.63) is 35.1 Å². The smallest absolute Gasteiger partial charge is 0.127 e. The number of benzene rings is 1. The normalized spacial score (nSPS) is 21.1. The van der Waals surface area contributed by atoms with E-state index in [2.05, 4.69) is 18.7 Å². The van der Waals surface area contributed by atoms with Gasteiger partial charge in [-0.25, -0.2) is 4.39 Å². The number of likely N-dealkylation sites (tertiary alicyclic amines) is 1. The van der Waals surface area contributed by atoms with Gasteiger partial charge in [0, 0.05) is 18.7 Å². The van der Waals surface area contributed by atoms with Crippen LogP contribution in [-0.2, 0) is 13.1 Å². The highest BCUT2D eigenvalue weighted by atomic mass is 19.1. The summed E-state index contributed by atoms with van der Waals surface area (Å²) in [5.41, 5.74) is 7.37. The first-order valence-electron chi connectivity index (χ1n) is 7.80. The van der Waals surface area contributed by atoms with Crippen LogP contribution < -0.4 is 5.73 Å². The molecule has 1 aliphatic rings. The summed E-state index contributed by atoms with van der Waals surface area (Å²) in [4.78, 5) is 2.50. The third kappa shape index (κ3) is 4.03. The first kappa shape index (κ1) is 15.5. The summed E-state index contributed by atoms with van der Waals surface area (Å²) in [6, 6.07) is 5.35. The molecule has 2 nitrogen and oxygen atoms in total. The summed E-state index contributed by atoms with van der Waals surface area (Å²) in [5.74, 6) is 1.45. The molecule has 1 unspecified atom stereocenters. The molecule has 1 fully saturated rings. The predicted octanol–water partition coefficient (Wildman–Crippen LogP) is 3.54. The fraction of sp³-hybridized carbons (Fsp3) is 0.647. The van der Waals surface area contributed by atoms with Gasteiger partial charge in [-0.15, -0.1) is 0 Å². The maximum atomic E-state index is 13.5. The Hall–Kier alpha value is -0.930. The molecule has 0 bridgehead atoms. The molecule has 1 aromatic rings. The molecule has 0 amide bonds. The fourth-order valence-corrected chi connectivity index (χ4v) is 3.15. The van der Waals surface area contributed by atoms with Gasteiger partial charge in [0.05, 0.1) is 0 Å². The van der Waals surface area contributed by atoms with E-state index < -0.39 is 0 Å². The van der Waals surface area contributed by atoms with E-state index in [1.165, 1.54) is 24.8 Å². The number of nitrogens with zero attached hydrogens (tertiary/aromatic N) is 1. The summed E-state index contributed by atoms with van der Waals surface area (Å²) in [6.45, 7) is 8.14. The summed E-state index contributed by atoms with van der Waals surface area (Å²) in [5, 5.41) is 0. The van der Waals surface area contributed by atoms with E-state index in [4.69, 9.17) is 5.73 Å². The number of nitrogens with two attached hydrogens (primary N) is 1. The molecule has 1 aromatic carbocycles. The number of halogens is 1. The average molecular weight is 278 g/mol. The van der Waals surface area contributed by atoms with E-state index in [0.717, 1.165) is 31.5 Å². The molecule has 0 saturated carbocycles. The maximum Gasteiger partial charge on any atom is 0.127 e. The van der Waals surface area contributed by atoms with Gasteiger partial charge in [0.25, 0.3) is 0 Å². The lowest BCUT2D eigenvalue weighted by Crippen LogP contribution is -2.24. The monoisotopic (exact) mass is 278 g/mol. The quantitative estimate of drug-likeness (QED) is 0.912. The summed E-state index contributed by atoms with van der Waals surface area (Å²) >= 11 is 0. The van der Waals surface area contributed by atoms with Gasteiger partial charge in [-0.05, 0) is 55.8 Å². The lowest BCUT2D eigenvalue weighted by Gasteiger charge is -2.21. The average Bonchev–Trinajstić information content (AvgIpc) is 2.66. The van der Waals surface area contributed by atoms with E-state index in [-0.39, 0.29) is 12.4 Å². The second kappa shape index (κ2) is 7.19. The molecule has 0 radical (unpaired) electrons. The van der Waals surface area contributed by atoms with Crippen molar-refractivity contribution in [3.8, 4) is 0 Å². The molecule has 1 atom stereocenters. The topological polar surface area (TPSA) is 29.3 Å². The van der Waals surface area contributed by atoms with Crippen LogP contribution in [0.4, 0.5) is 4.39 Å². The van der Waals surface area contributed by atoms with Gasteiger partial charge in [-0.1, -0.05) is 26.0 Å². The Morgan fingerprint density at radius 2 is 2.10 bits per heavy atom. The van der Waals surface area contributed by atoms with Crippen molar-refractivity contribution in [1.82, 2.24) is 4.90 Å². The zero-order valence-electron chi connectivity index (χ0n) is 12.7. The van der Waals surface area contributed by atoms with Gasteiger partial charge < -0.3 is 5.73 Å².